The van der Waals surface area contributed by atoms with Crippen LogP contribution in [0.1, 0.15) is 36.0 Å². The molecule has 3 rings (SSSR count). The van der Waals surface area contributed by atoms with Gasteiger partial charge in [-0.05, 0) is 49.4 Å². The van der Waals surface area contributed by atoms with E-state index in [1.165, 1.54) is 11.1 Å². The summed E-state index contributed by atoms with van der Waals surface area (Å²) >= 11 is 0. The maximum atomic E-state index is 12.2. The molecule has 4 nitrogen and oxygen atoms in total. The summed E-state index contributed by atoms with van der Waals surface area (Å²) in [6.07, 6.45) is 2.83. The van der Waals surface area contributed by atoms with Gasteiger partial charge in [-0.3, -0.25) is 4.79 Å². The highest BCUT2D eigenvalue weighted by molar-refractivity contribution is 5.82. The Balaban J connectivity index is 1.58. The molecule has 4 heteroatoms. The minimum Gasteiger partial charge on any atom is -0.480 e. The Morgan fingerprint density at radius 1 is 1.33 bits per heavy atom. The number of carbonyl (C=O) groups is 1. The van der Waals surface area contributed by atoms with Crippen molar-refractivity contribution in [1.82, 2.24) is 5.32 Å². The molecule has 1 saturated carbocycles. The summed E-state index contributed by atoms with van der Waals surface area (Å²) in [6, 6.07) is 4.12. The first kappa shape index (κ1) is 14.4. The molecular weight excluding hydrogens is 266 g/mol. The van der Waals surface area contributed by atoms with Gasteiger partial charge in [-0.15, -0.1) is 0 Å². The summed E-state index contributed by atoms with van der Waals surface area (Å²) in [5.74, 6) is 0.960. The summed E-state index contributed by atoms with van der Waals surface area (Å²) in [5, 5.41) is 12.7. The van der Waals surface area contributed by atoms with Crippen molar-refractivity contribution in [2.75, 3.05) is 6.54 Å². The standard InChI is InChI=1S/C17H23NO3/c1-10-6-13-8-16(21-15(13)7-11(10)2)17(20)18-9-12-4-3-5-14(12)19/h6-7,12,14,16,19H,3-5,8-9H2,1-2H3,(H,18,20). The van der Waals surface area contributed by atoms with Gasteiger partial charge in [0.25, 0.3) is 5.91 Å². The van der Waals surface area contributed by atoms with Gasteiger partial charge >= 0.3 is 0 Å². The van der Waals surface area contributed by atoms with Crippen molar-refractivity contribution in [2.45, 2.75) is 51.7 Å². The second-order valence-electron chi connectivity index (χ2n) is 6.36. The Bertz CT molecular complexity index is 524. The number of benzene rings is 1. The highest BCUT2D eigenvalue weighted by Crippen LogP contribution is 2.31. The van der Waals surface area contributed by atoms with Gasteiger partial charge in [0.15, 0.2) is 6.10 Å². The molecule has 1 aromatic rings. The lowest BCUT2D eigenvalue weighted by Gasteiger charge is -2.17. The first-order valence-electron chi connectivity index (χ1n) is 7.77. The summed E-state index contributed by atoms with van der Waals surface area (Å²) in [7, 11) is 0. The lowest BCUT2D eigenvalue weighted by Crippen LogP contribution is -2.41. The molecule has 114 valence electrons. The number of fused-ring (bicyclic) bond motifs is 1. The molecule has 2 N–H and O–H groups in total. The van der Waals surface area contributed by atoms with Crippen molar-refractivity contribution in [1.29, 1.82) is 0 Å². The molecule has 1 aromatic carbocycles. The summed E-state index contributed by atoms with van der Waals surface area (Å²) in [4.78, 5) is 12.2. The molecule has 21 heavy (non-hydrogen) atoms. The minimum atomic E-state index is -0.431. The Morgan fingerprint density at radius 2 is 2.10 bits per heavy atom. The van der Waals surface area contributed by atoms with Crippen LogP contribution in [0.5, 0.6) is 5.75 Å². The van der Waals surface area contributed by atoms with Crippen LogP contribution in [0.2, 0.25) is 0 Å². The molecule has 3 unspecified atom stereocenters. The first-order valence-corrected chi connectivity index (χ1v) is 7.77. The van der Waals surface area contributed by atoms with Gasteiger partial charge in [-0.25, -0.2) is 0 Å². The van der Waals surface area contributed by atoms with Crippen LogP contribution in [-0.2, 0) is 11.2 Å². The molecule has 3 atom stereocenters. The first-order chi connectivity index (χ1) is 10.0. The number of aryl methyl sites for hydroxylation is 2. The SMILES string of the molecule is Cc1cc2c(cc1C)OC(C(=O)NCC1CCCC1O)C2. The zero-order valence-corrected chi connectivity index (χ0v) is 12.7. The Labute approximate surface area is 125 Å². The van der Waals surface area contributed by atoms with Gasteiger partial charge in [0.05, 0.1) is 6.10 Å². The minimum absolute atomic E-state index is 0.0689. The molecular formula is C17H23NO3. The summed E-state index contributed by atoms with van der Waals surface area (Å²) < 4.78 is 5.77. The zero-order chi connectivity index (χ0) is 15.0. The second kappa shape index (κ2) is 5.68. The molecule has 0 saturated heterocycles. The van der Waals surface area contributed by atoms with Crippen molar-refractivity contribution >= 4 is 5.91 Å². The number of carbonyl (C=O) groups excluding carboxylic acids is 1. The molecule has 1 heterocycles. The van der Waals surface area contributed by atoms with Crippen LogP contribution in [0.15, 0.2) is 12.1 Å². The number of hydrogen-bond donors (Lipinski definition) is 2. The largest absolute Gasteiger partial charge is 0.480 e. The number of aliphatic hydroxyl groups is 1. The number of hydrogen-bond acceptors (Lipinski definition) is 3. The van der Waals surface area contributed by atoms with E-state index in [9.17, 15) is 9.90 Å². The van der Waals surface area contributed by atoms with E-state index in [1.54, 1.807) is 0 Å². The highest BCUT2D eigenvalue weighted by Gasteiger charge is 2.31. The lowest BCUT2D eigenvalue weighted by molar-refractivity contribution is -0.127. The van der Waals surface area contributed by atoms with E-state index in [0.29, 0.717) is 13.0 Å². The fraction of sp³-hybridized carbons (Fsp3) is 0.588. The number of aliphatic hydroxyl groups excluding tert-OH is 1. The van der Waals surface area contributed by atoms with E-state index >= 15 is 0 Å². The maximum Gasteiger partial charge on any atom is 0.261 e. The lowest BCUT2D eigenvalue weighted by atomic mass is 10.0. The molecule has 0 bridgehead atoms. The van der Waals surface area contributed by atoms with Crippen molar-refractivity contribution in [3.05, 3.63) is 28.8 Å². The molecule has 2 aliphatic rings. The summed E-state index contributed by atoms with van der Waals surface area (Å²) in [5.41, 5.74) is 3.52. The second-order valence-corrected chi connectivity index (χ2v) is 6.36. The van der Waals surface area contributed by atoms with E-state index in [0.717, 1.165) is 30.6 Å². The molecule has 1 fully saturated rings. The third-order valence-corrected chi connectivity index (χ3v) is 4.80. The van der Waals surface area contributed by atoms with Crippen LogP contribution >= 0.6 is 0 Å². The molecule has 1 aliphatic carbocycles. The van der Waals surface area contributed by atoms with Crippen molar-refractivity contribution in [3.63, 3.8) is 0 Å². The third-order valence-electron chi connectivity index (χ3n) is 4.80. The fourth-order valence-corrected chi connectivity index (χ4v) is 3.26. The molecule has 1 amide bonds. The van der Waals surface area contributed by atoms with Crippen LogP contribution < -0.4 is 10.1 Å². The average molecular weight is 289 g/mol. The summed E-state index contributed by atoms with van der Waals surface area (Å²) in [6.45, 7) is 4.67. The van der Waals surface area contributed by atoms with Gasteiger partial charge in [-0.1, -0.05) is 12.5 Å². The van der Waals surface area contributed by atoms with Crippen LogP contribution in [0.3, 0.4) is 0 Å². The van der Waals surface area contributed by atoms with E-state index < -0.39 is 6.10 Å². The van der Waals surface area contributed by atoms with E-state index in [2.05, 4.69) is 18.3 Å². The van der Waals surface area contributed by atoms with E-state index in [-0.39, 0.29) is 17.9 Å². The number of amides is 1. The van der Waals surface area contributed by atoms with Gasteiger partial charge in [0, 0.05) is 18.9 Å². The predicted octanol–water partition coefficient (Wildman–Crippen LogP) is 1.88. The van der Waals surface area contributed by atoms with Crippen LogP contribution in [0, 0.1) is 19.8 Å². The average Bonchev–Trinajstić information content (AvgIpc) is 3.03. The third kappa shape index (κ3) is 2.91. The monoisotopic (exact) mass is 289 g/mol. The fourth-order valence-electron chi connectivity index (χ4n) is 3.26. The topological polar surface area (TPSA) is 58.6 Å². The predicted molar refractivity (Wildman–Crippen MR) is 80.4 cm³/mol. The van der Waals surface area contributed by atoms with Gasteiger partial charge in [0.2, 0.25) is 0 Å². The Morgan fingerprint density at radius 3 is 2.81 bits per heavy atom. The smallest absolute Gasteiger partial charge is 0.261 e. The number of ether oxygens (including phenoxy) is 1. The van der Waals surface area contributed by atoms with Crippen LogP contribution in [0.25, 0.3) is 0 Å². The molecule has 0 spiro atoms. The molecule has 1 aliphatic heterocycles. The quantitative estimate of drug-likeness (QED) is 0.893. The van der Waals surface area contributed by atoms with Crippen LogP contribution in [0.4, 0.5) is 0 Å². The van der Waals surface area contributed by atoms with Crippen molar-refractivity contribution < 1.29 is 14.6 Å². The maximum absolute atomic E-state index is 12.2. The van der Waals surface area contributed by atoms with E-state index in [1.807, 2.05) is 13.0 Å². The normalized spacial score (nSPS) is 27.3. The number of nitrogens with one attached hydrogen (secondary N) is 1. The van der Waals surface area contributed by atoms with Crippen molar-refractivity contribution in [3.8, 4) is 5.75 Å². The highest BCUT2D eigenvalue weighted by atomic mass is 16.5. The Kier molecular flexibility index (Phi) is 3.89. The zero-order valence-electron chi connectivity index (χ0n) is 12.7. The van der Waals surface area contributed by atoms with Gasteiger partial charge < -0.3 is 15.2 Å². The molecule has 0 radical (unpaired) electrons. The van der Waals surface area contributed by atoms with E-state index in [4.69, 9.17) is 4.74 Å². The van der Waals surface area contributed by atoms with Crippen molar-refractivity contribution in [2.24, 2.45) is 5.92 Å². The van der Waals surface area contributed by atoms with Gasteiger partial charge in [0.1, 0.15) is 5.75 Å². The molecule has 0 aromatic heterocycles. The van der Waals surface area contributed by atoms with Gasteiger partial charge in [-0.2, -0.15) is 0 Å². The van der Waals surface area contributed by atoms with Crippen LogP contribution in [-0.4, -0.2) is 29.8 Å². The Hall–Kier alpha value is -1.55. The number of rotatable bonds is 3.